The average Bonchev–Trinajstić information content (AvgIpc) is 3.48. The molecular weight excluding hydrogens is 680 g/mol. The lowest BCUT2D eigenvalue weighted by atomic mass is 9.49. The molecule has 4 aliphatic rings. The molecule has 2 aliphatic heterocycles. The number of phenols is 1. The van der Waals surface area contributed by atoms with Gasteiger partial charge in [-0.05, 0) is 109 Å². The number of anilines is 2. The lowest BCUT2D eigenvalue weighted by molar-refractivity contribution is -0.138. The Labute approximate surface area is 297 Å². The van der Waals surface area contributed by atoms with Gasteiger partial charge in [0.05, 0.1) is 34.5 Å². The van der Waals surface area contributed by atoms with Crippen LogP contribution in [0.5, 0.6) is 5.75 Å². The number of fused-ring (bicyclic) bond motifs is 4. The van der Waals surface area contributed by atoms with Gasteiger partial charge in [-0.1, -0.05) is 59.1 Å². The van der Waals surface area contributed by atoms with E-state index in [0.717, 1.165) is 10.6 Å². The largest absolute Gasteiger partial charge is 0.508 e. The second kappa shape index (κ2) is 11.8. The number of amides is 4. The number of aryl methyl sites for hydroxylation is 1. The smallest absolute Gasteiger partial charge is 0.260 e. The van der Waals surface area contributed by atoms with Crippen LogP contribution in [-0.2, 0) is 24.6 Å². The molecule has 2 heterocycles. The van der Waals surface area contributed by atoms with Gasteiger partial charge in [-0.3, -0.25) is 29.5 Å². The summed E-state index contributed by atoms with van der Waals surface area (Å²) < 4.78 is 13.8. The number of benzene rings is 4. The van der Waals surface area contributed by atoms with Gasteiger partial charge in [0.1, 0.15) is 11.6 Å². The molecule has 0 spiro atoms. The molecule has 0 unspecified atom stereocenters. The molecule has 8 rings (SSSR count). The number of hydrazine groups is 1. The Balaban J connectivity index is 1.32. The van der Waals surface area contributed by atoms with E-state index in [4.69, 9.17) is 23.2 Å². The van der Waals surface area contributed by atoms with E-state index >= 15 is 4.79 Å². The van der Waals surface area contributed by atoms with Crippen LogP contribution >= 0.6 is 23.2 Å². The lowest BCUT2D eigenvalue weighted by Gasteiger charge is -2.50. The van der Waals surface area contributed by atoms with Gasteiger partial charge in [0.15, 0.2) is 0 Å². The summed E-state index contributed by atoms with van der Waals surface area (Å²) >= 11 is 12.5. The van der Waals surface area contributed by atoms with E-state index in [-0.39, 0.29) is 30.4 Å². The first-order chi connectivity index (χ1) is 24.0. The first kappa shape index (κ1) is 32.2. The minimum Gasteiger partial charge on any atom is -0.508 e. The van der Waals surface area contributed by atoms with Crippen molar-refractivity contribution in [2.75, 3.05) is 10.3 Å². The SMILES string of the molecule is Cc1cc([C@H]2C3=CC[C@@H]4C(=O)N(c5ccc(Cl)cc5)C(=O)[C@@H]4[C@@H]3C[C@H]3C(=O)N(Nc4ccc(F)cc4)C(=O)[C@@]23c2ccc(Cl)cc2)ccc1O. The van der Waals surface area contributed by atoms with Crippen LogP contribution in [0.1, 0.15) is 35.4 Å². The molecule has 2 N–H and O–H groups in total. The number of phenolic OH excluding ortho intramolecular Hbond substituents is 1. The molecule has 252 valence electrons. The molecule has 0 radical (unpaired) electrons. The number of nitrogens with one attached hydrogen (secondary N) is 1. The van der Waals surface area contributed by atoms with Crippen molar-refractivity contribution in [3.63, 3.8) is 0 Å². The van der Waals surface area contributed by atoms with Gasteiger partial charge in [-0.2, -0.15) is 5.01 Å². The number of halogens is 3. The molecule has 3 fully saturated rings. The first-order valence-corrected chi connectivity index (χ1v) is 17.1. The quantitative estimate of drug-likeness (QED) is 0.166. The zero-order chi connectivity index (χ0) is 35.1. The predicted octanol–water partition coefficient (Wildman–Crippen LogP) is 7.34. The third-order valence-electron chi connectivity index (χ3n) is 10.9. The van der Waals surface area contributed by atoms with Crippen molar-refractivity contribution in [2.45, 2.75) is 31.1 Å². The molecule has 4 aromatic carbocycles. The zero-order valence-electron chi connectivity index (χ0n) is 26.6. The van der Waals surface area contributed by atoms with Crippen molar-refractivity contribution >= 4 is 58.2 Å². The Morgan fingerprint density at radius 1 is 0.820 bits per heavy atom. The van der Waals surface area contributed by atoms with Crippen molar-refractivity contribution in [2.24, 2.45) is 23.7 Å². The maximum Gasteiger partial charge on any atom is 0.260 e. The number of allylic oxidation sites excluding steroid dienone is 2. The van der Waals surface area contributed by atoms with Gasteiger partial charge >= 0.3 is 0 Å². The fourth-order valence-corrected chi connectivity index (χ4v) is 8.99. The topological polar surface area (TPSA) is 107 Å². The molecule has 0 bridgehead atoms. The maximum atomic E-state index is 15.2. The number of hydrogen-bond donors (Lipinski definition) is 2. The van der Waals surface area contributed by atoms with E-state index in [9.17, 15) is 23.9 Å². The van der Waals surface area contributed by atoms with Gasteiger partial charge < -0.3 is 5.11 Å². The van der Waals surface area contributed by atoms with Crippen molar-refractivity contribution in [3.05, 3.63) is 135 Å². The Bertz CT molecular complexity index is 2120. The van der Waals surface area contributed by atoms with Crippen molar-refractivity contribution in [1.29, 1.82) is 0 Å². The van der Waals surface area contributed by atoms with Crippen LogP contribution in [0.3, 0.4) is 0 Å². The molecule has 1 saturated carbocycles. The summed E-state index contributed by atoms with van der Waals surface area (Å²) in [5.41, 5.74) is 4.77. The Morgan fingerprint density at radius 2 is 1.48 bits per heavy atom. The summed E-state index contributed by atoms with van der Waals surface area (Å²) in [6, 6.07) is 23.8. The van der Waals surface area contributed by atoms with Crippen LogP contribution in [0.2, 0.25) is 10.0 Å². The average molecular weight is 711 g/mol. The van der Waals surface area contributed by atoms with Crippen molar-refractivity contribution < 1.29 is 28.7 Å². The standard InChI is InChI=1S/C39H30Cl2FN3O5/c1-20-18-21(2-17-32(20)46)34-28-15-16-29-33(37(49)44(35(29)47)27-13-7-24(41)8-14-27)30(28)19-31-36(48)45(43-26-11-9-25(42)10-12-26)38(50)39(31,34)22-3-5-23(40)6-4-22/h2-15,17-18,29-31,33-34,43,46H,16,19H2,1H3/t29-,30+,31-,33-,34-,39+/m0/s1. The highest BCUT2D eigenvalue weighted by molar-refractivity contribution is 6.31. The first-order valence-electron chi connectivity index (χ1n) is 16.3. The highest BCUT2D eigenvalue weighted by atomic mass is 35.5. The zero-order valence-corrected chi connectivity index (χ0v) is 28.2. The number of hydrogen-bond acceptors (Lipinski definition) is 6. The second-order valence-corrected chi connectivity index (χ2v) is 14.3. The van der Waals surface area contributed by atoms with Crippen LogP contribution < -0.4 is 10.3 Å². The number of nitrogens with zero attached hydrogens (tertiary/aromatic N) is 2. The van der Waals surface area contributed by atoms with E-state index in [2.05, 4.69) is 5.43 Å². The minimum absolute atomic E-state index is 0.0690. The van der Waals surface area contributed by atoms with Gasteiger partial charge in [0.2, 0.25) is 11.8 Å². The van der Waals surface area contributed by atoms with Gasteiger partial charge in [-0.25, -0.2) is 4.39 Å². The Morgan fingerprint density at radius 3 is 2.14 bits per heavy atom. The molecule has 11 heteroatoms. The normalized spacial score (nSPS) is 27.2. The Kier molecular flexibility index (Phi) is 7.62. The molecule has 2 aliphatic carbocycles. The molecule has 4 amide bonds. The monoisotopic (exact) mass is 709 g/mol. The number of carbonyl (C=O) groups is 4. The van der Waals surface area contributed by atoms with Crippen molar-refractivity contribution in [3.8, 4) is 5.75 Å². The maximum absolute atomic E-state index is 15.2. The molecular formula is C39H30Cl2FN3O5. The van der Waals surface area contributed by atoms with Gasteiger partial charge in [-0.15, -0.1) is 0 Å². The minimum atomic E-state index is -1.51. The second-order valence-electron chi connectivity index (χ2n) is 13.4. The molecule has 0 aromatic heterocycles. The fraction of sp³-hybridized carbons (Fsp3) is 0.231. The van der Waals surface area contributed by atoms with E-state index < -0.39 is 52.6 Å². The van der Waals surface area contributed by atoms with E-state index in [1.165, 1.54) is 29.2 Å². The van der Waals surface area contributed by atoms with Crippen LogP contribution in [0.15, 0.2) is 103 Å². The lowest BCUT2D eigenvalue weighted by Crippen LogP contribution is -2.53. The van der Waals surface area contributed by atoms with Crippen LogP contribution in [0.25, 0.3) is 0 Å². The van der Waals surface area contributed by atoms with Crippen molar-refractivity contribution in [1.82, 2.24) is 5.01 Å². The molecule has 2 saturated heterocycles. The molecule has 4 aromatic rings. The van der Waals surface area contributed by atoms with Crippen LogP contribution in [0.4, 0.5) is 15.8 Å². The molecule has 8 nitrogen and oxygen atoms in total. The van der Waals surface area contributed by atoms with Crippen LogP contribution in [-0.4, -0.2) is 33.7 Å². The predicted molar refractivity (Wildman–Crippen MR) is 186 cm³/mol. The van der Waals surface area contributed by atoms with E-state index in [1.807, 2.05) is 6.08 Å². The van der Waals surface area contributed by atoms with Gasteiger partial charge in [0.25, 0.3) is 11.8 Å². The number of rotatable bonds is 5. The summed E-state index contributed by atoms with van der Waals surface area (Å²) in [7, 11) is 0. The summed E-state index contributed by atoms with van der Waals surface area (Å²) in [5.74, 6) is -5.86. The third kappa shape index (κ3) is 4.71. The van der Waals surface area contributed by atoms with Crippen LogP contribution in [0, 0.1) is 36.4 Å². The Hall–Kier alpha value is -4.99. The highest BCUT2D eigenvalue weighted by Gasteiger charge is 2.70. The van der Waals surface area contributed by atoms with E-state index in [1.54, 1.807) is 73.7 Å². The fourth-order valence-electron chi connectivity index (χ4n) is 8.73. The third-order valence-corrected chi connectivity index (χ3v) is 11.4. The summed E-state index contributed by atoms with van der Waals surface area (Å²) in [6.45, 7) is 1.75. The number of aromatic hydroxyl groups is 1. The summed E-state index contributed by atoms with van der Waals surface area (Å²) in [6.07, 6.45) is 2.35. The van der Waals surface area contributed by atoms with E-state index in [0.29, 0.717) is 38.1 Å². The molecule has 6 atom stereocenters. The number of imide groups is 2. The number of carbonyl (C=O) groups excluding carboxylic acids is 4. The molecule has 50 heavy (non-hydrogen) atoms. The summed E-state index contributed by atoms with van der Waals surface area (Å²) in [4.78, 5) is 59.4. The summed E-state index contributed by atoms with van der Waals surface area (Å²) in [5, 5.41) is 12.5. The van der Waals surface area contributed by atoms with Gasteiger partial charge in [0, 0.05) is 16.0 Å². The highest BCUT2D eigenvalue weighted by Crippen LogP contribution is 2.64.